The molecule has 0 saturated carbocycles. The lowest BCUT2D eigenvalue weighted by Crippen LogP contribution is -2.28. The highest BCUT2D eigenvalue weighted by molar-refractivity contribution is 7.98. The van der Waals surface area contributed by atoms with E-state index in [0.29, 0.717) is 4.90 Å². The zero-order valence-electron chi connectivity index (χ0n) is 7.91. The largest absolute Gasteiger partial charge is 0.407 e. The van der Waals surface area contributed by atoms with E-state index in [9.17, 15) is 13.2 Å². The Labute approximate surface area is 96.6 Å². The minimum absolute atomic E-state index is 0. The predicted octanol–water partition coefficient (Wildman–Crippen LogP) is 3.39. The number of alkyl halides is 3. The lowest BCUT2D eigenvalue weighted by Gasteiger charge is -2.18. The fourth-order valence-corrected chi connectivity index (χ4v) is 1.75. The molecule has 15 heavy (non-hydrogen) atoms. The van der Waals surface area contributed by atoms with Gasteiger partial charge in [-0.1, -0.05) is 18.2 Å². The van der Waals surface area contributed by atoms with Gasteiger partial charge in [0.2, 0.25) is 0 Å². The van der Waals surface area contributed by atoms with Crippen molar-refractivity contribution in [3.63, 3.8) is 0 Å². The van der Waals surface area contributed by atoms with E-state index >= 15 is 0 Å². The van der Waals surface area contributed by atoms with Crippen LogP contribution in [0.5, 0.6) is 0 Å². The molecule has 0 unspecified atom stereocenters. The average molecular weight is 258 g/mol. The monoisotopic (exact) mass is 257 g/mol. The normalized spacial score (nSPS) is 13.1. The Morgan fingerprint density at radius 1 is 1.27 bits per heavy atom. The van der Waals surface area contributed by atoms with Gasteiger partial charge < -0.3 is 5.73 Å². The molecule has 0 radical (unpaired) electrons. The molecule has 0 aromatic heterocycles. The van der Waals surface area contributed by atoms with Crippen LogP contribution in [0.15, 0.2) is 29.2 Å². The summed E-state index contributed by atoms with van der Waals surface area (Å²) >= 11 is 1.26. The van der Waals surface area contributed by atoms with Crippen LogP contribution in [0.3, 0.4) is 0 Å². The standard InChI is InChI=1S/C9H10F3NS.ClH/c1-14-7-5-3-2-4-6(7)8(13)9(10,11)12;/h2-5,8H,13H2,1H3;1H/t8-;/m1./s1. The SMILES string of the molecule is CSc1ccccc1[C@@H](N)C(F)(F)F.Cl. The van der Waals surface area contributed by atoms with Gasteiger partial charge >= 0.3 is 6.18 Å². The van der Waals surface area contributed by atoms with Crippen molar-refractivity contribution >= 4 is 24.2 Å². The molecule has 1 aromatic rings. The smallest absolute Gasteiger partial charge is 0.316 e. The fourth-order valence-electron chi connectivity index (χ4n) is 1.10. The first-order valence-electron chi connectivity index (χ1n) is 3.92. The molecule has 86 valence electrons. The maximum Gasteiger partial charge on any atom is 0.407 e. The highest BCUT2D eigenvalue weighted by Gasteiger charge is 2.38. The van der Waals surface area contributed by atoms with Gasteiger partial charge in [0.05, 0.1) is 0 Å². The van der Waals surface area contributed by atoms with Gasteiger partial charge in [-0.3, -0.25) is 0 Å². The van der Waals surface area contributed by atoms with Gasteiger partial charge in [0.1, 0.15) is 6.04 Å². The summed E-state index contributed by atoms with van der Waals surface area (Å²) in [6, 6.07) is 4.39. The molecule has 0 heterocycles. The number of hydrogen-bond acceptors (Lipinski definition) is 2. The lowest BCUT2D eigenvalue weighted by molar-refractivity contribution is -0.149. The van der Waals surface area contributed by atoms with E-state index in [1.165, 1.54) is 17.8 Å². The summed E-state index contributed by atoms with van der Waals surface area (Å²) in [6.45, 7) is 0. The molecule has 1 nitrogen and oxygen atoms in total. The van der Waals surface area contributed by atoms with Gasteiger partial charge in [-0.25, -0.2) is 0 Å². The van der Waals surface area contributed by atoms with Crippen LogP contribution in [0.2, 0.25) is 0 Å². The topological polar surface area (TPSA) is 26.0 Å². The molecule has 0 spiro atoms. The van der Waals surface area contributed by atoms with Gasteiger partial charge in [-0.15, -0.1) is 24.2 Å². The molecule has 0 fully saturated rings. The van der Waals surface area contributed by atoms with E-state index in [1.807, 2.05) is 0 Å². The molecule has 0 aliphatic heterocycles. The molecule has 1 rings (SSSR count). The maximum absolute atomic E-state index is 12.3. The minimum Gasteiger partial charge on any atom is -0.316 e. The van der Waals surface area contributed by atoms with E-state index in [2.05, 4.69) is 0 Å². The Bertz CT molecular complexity index is 316. The van der Waals surface area contributed by atoms with Gasteiger partial charge in [0, 0.05) is 4.90 Å². The van der Waals surface area contributed by atoms with E-state index in [0.717, 1.165) is 0 Å². The molecule has 0 amide bonds. The molecular weight excluding hydrogens is 247 g/mol. The van der Waals surface area contributed by atoms with Crippen molar-refractivity contribution in [3.8, 4) is 0 Å². The van der Waals surface area contributed by atoms with Crippen LogP contribution in [0.25, 0.3) is 0 Å². The molecular formula is C9H11ClF3NS. The number of benzene rings is 1. The lowest BCUT2D eigenvalue weighted by atomic mass is 10.1. The third-order valence-corrected chi connectivity index (χ3v) is 2.64. The Hall–Kier alpha value is -0.390. The summed E-state index contributed by atoms with van der Waals surface area (Å²) < 4.78 is 37.0. The summed E-state index contributed by atoms with van der Waals surface area (Å²) in [5, 5.41) is 0. The van der Waals surface area contributed by atoms with Crippen molar-refractivity contribution < 1.29 is 13.2 Å². The summed E-state index contributed by atoms with van der Waals surface area (Å²) in [5.41, 5.74) is 5.24. The van der Waals surface area contributed by atoms with Gasteiger partial charge in [-0.2, -0.15) is 13.2 Å². The van der Waals surface area contributed by atoms with Crippen molar-refractivity contribution in [1.29, 1.82) is 0 Å². The van der Waals surface area contributed by atoms with Crippen molar-refractivity contribution in [2.75, 3.05) is 6.26 Å². The first kappa shape index (κ1) is 14.6. The molecule has 0 saturated heterocycles. The van der Waals surface area contributed by atoms with Crippen LogP contribution in [0.1, 0.15) is 11.6 Å². The van der Waals surface area contributed by atoms with Crippen molar-refractivity contribution in [1.82, 2.24) is 0 Å². The van der Waals surface area contributed by atoms with Crippen LogP contribution in [-0.4, -0.2) is 12.4 Å². The fraction of sp³-hybridized carbons (Fsp3) is 0.333. The third kappa shape index (κ3) is 3.59. The van der Waals surface area contributed by atoms with Gasteiger partial charge in [0.25, 0.3) is 0 Å². The van der Waals surface area contributed by atoms with E-state index in [4.69, 9.17) is 5.73 Å². The van der Waals surface area contributed by atoms with Crippen molar-refractivity contribution in [2.45, 2.75) is 17.1 Å². The first-order chi connectivity index (χ1) is 6.46. The van der Waals surface area contributed by atoms with E-state index in [1.54, 1.807) is 24.5 Å². The van der Waals surface area contributed by atoms with Gasteiger partial charge in [0.15, 0.2) is 0 Å². The number of halogens is 4. The molecule has 0 bridgehead atoms. The van der Waals surface area contributed by atoms with Crippen molar-refractivity contribution in [2.24, 2.45) is 5.73 Å². The predicted molar refractivity (Wildman–Crippen MR) is 58.5 cm³/mol. The summed E-state index contributed by atoms with van der Waals surface area (Å²) in [7, 11) is 0. The van der Waals surface area contributed by atoms with Crippen LogP contribution >= 0.6 is 24.2 Å². The zero-order chi connectivity index (χ0) is 10.8. The number of hydrogen-bond donors (Lipinski definition) is 1. The van der Waals surface area contributed by atoms with E-state index < -0.39 is 12.2 Å². The Kier molecular flexibility index (Phi) is 5.48. The molecule has 0 aliphatic carbocycles. The summed E-state index contributed by atoms with van der Waals surface area (Å²) in [5.74, 6) is 0. The minimum atomic E-state index is -4.38. The Morgan fingerprint density at radius 3 is 2.27 bits per heavy atom. The zero-order valence-corrected chi connectivity index (χ0v) is 9.55. The summed E-state index contributed by atoms with van der Waals surface area (Å²) in [4.78, 5) is 0.567. The number of nitrogens with two attached hydrogens (primary N) is 1. The van der Waals surface area contributed by atoms with Crippen LogP contribution in [0.4, 0.5) is 13.2 Å². The highest BCUT2D eigenvalue weighted by atomic mass is 35.5. The Balaban J connectivity index is 0.00000196. The second-order valence-corrected chi connectivity index (χ2v) is 3.61. The molecule has 0 aliphatic rings. The van der Waals surface area contributed by atoms with Crippen LogP contribution in [0, 0.1) is 0 Å². The third-order valence-electron chi connectivity index (χ3n) is 1.83. The quantitative estimate of drug-likeness (QED) is 0.822. The molecule has 1 atom stereocenters. The van der Waals surface area contributed by atoms with Gasteiger partial charge in [-0.05, 0) is 17.9 Å². The maximum atomic E-state index is 12.3. The van der Waals surface area contributed by atoms with Crippen LogP contribution in [-0.2, 0) is 0 Å². The second kappa shape index (κ2) is 5.63. The van der Waals surface area contributed by atoms with E-state index in [-0.39, 0.29) is 18.0 Å². The first-order valence-corrected chi connectivity index (χ1v) is 5.14. The molecule has 6 heteroatoms. The molecule has 2 N–H and O–H groups in total. The highest BCUT2D eigenvalue weighted by Crippen LogP contribution is 2.34. The van der Waals surface area contributed by atoms with Crippen LogP contribution < -0.4 is 5.73 Å². The number of rotatable bonds is 2. The summed E-state index contributed by atoms with van der Waals surface area (Å²) in [6.07, 6.45) is -2.66. The Morgan fingerprint density at radius 2 is 1.80 bits per heavy atom. The number of thioether (sulfide) groups is 1. The van der Waals surface area contributed by atoms with Crippen molar-refractivity contribution in [3.05, 3.63) is 29.8 Å². The second-order valence-electron chi connectivity index (χ2n) is 2.76. The average Bonchev–Trinajstić information content (AvgIpc) is 2.15. The molecule has 1 aromatic carbocycles.